The largest absolute Gasteiger partial charge is 0.429 e. The van der Waals surface area contributed by atoms with Gasteiger partial charge in [0.2, 0.25) is 0 Å². The first-order chi connectivity index (χ1) is 13.9. The second-order valence-electron chi connectivity index (χ2n) is 7.29. The molecule has 4 aromatic heterocycles. The maximum Gasteiger partial charge on any atom is 0.307 e. The van der Waals surface area contributed by atoms with E-state index in [-0.39, 0.29) is 11.5 Å². The summed E-state index contributed by atoms with van der Waals surface area (Å²) < 4.78 is 37.4. The average Bonchev–Trinajstić information content (AvgIpc) is 3.32. The first-order valence-corrected chi connectivity index (χ1v) is 9.21. The molecule has 4 heterocycles. The first kappa shape index (κ1) is 17.5. The van der Waals surface area contributed by atoms with E-state index in [1.807, 2.05) is 43.5 Å². The van der Waals surface area contributed by atoms with Crippen molar-refractivity contribution in [3.05, 3.63) is 65.9 Å². The fraction of sp³-hybridized carbons (Fsp3) is 0.190. The highest BCUT2D eigenvalue weighted by atomic mass is 19.1. The highest BCUT2D eigenvalue weighted by Crippen LogP contribution is 2.35. The molecule has 0 N–H and O–H groups in total. The Balaban J connectivity index is 1.81. The molecule has 0 fully saturated rings. The summed E-state index contributed by atoms with van der Waals surface area (Å²) in [7, 11) is 0. The molecule has 0 aliphatic heterocycles. The fourth-order valence-corrected chi connectivity index (χ4v) is 3.54. The van der Waals surface area contributed by atoms with Crippen LogP contribution >= 0.6 is 0 Å². The fourth-order valence-electron chi connectivity index (χ4n) is 3.54. The number of benzene rings is 1. The van der Waals surface area contributed by atoms with Crippen molar-refractivity contribution in [1.82, 2.24) is 24.0 Å². The van der Waals surface area contributed by atoms with E-state index in [2.05, 4.69) is 15.2 Å². The molecule has 0 saturated carbocycles. The van der Waals surface area contributed by atoms with Crippen LogP contribution in [0.25, 0.3) is 34.0 Å². The summed E-state index contributed by atoms with van der Waals surface area (Å²) in [5, 5.41) is 8.46. The molecule has 0 saturated heterocycles. The second-order valence-corrected chi connectivity index (χ2v) is 7.29. The summed E-state index contributed by atoms with van der Waals surface area (Å²) in [6.07, 6.45) is 3.70. The van der Waals surface area contributed by atoms with Crippen LogP contribution in [-0.2, 0) is 0 Å². The maximum absolute atomic E-state index is 14.6. The van der Waals surface area contributed by atoms with Gasteiger partial charge < -0.3 is 4.42 Å². The Kier molecular flexibility index (Phi) is 3.77. The molecule has 0 amide bonds. The molecular formula is C21H17F2N5O. The van der Waals surface area contributed by atoms with E-state index in [1.54, 1.807) is 10.6 Å². The zero-order valence-corrected chi connectivity index (χ0v) is 16.0. The van der Waals surface area contributed by atoms with Crippen LogP contribution < -0.4 is 0 Å². The third kappa shape index (κ3) is 2.71. The number of halogens is 2. The van der Waals surface area contributed by atoms with Gasteiger partial charge in [-0.05, 0) is 31.2 Å². The van der Waals surface area contributed by atoms with Gasteiger partial charge in [-0.1, -0.05) is 13.8 Å². The van der Waals surface area contributed by atoms with Crippen molar-refractivity contribution >= 4 is 11.5 Å². The van der Waals surface area contributed by atoms with Crippen LogP contribution in [0, 0.1) is 18.6 Å². The Morgan fingerprint density at radius 2 is 1.83 bits per heavy atom. The molecule has 6 nitrogen and oxygen atoms in total. The van der Waals surface area contributed by atoms with E-state index in [0.717, 1.165) is 23.1 Å². The van der Waals surface area contributed by atoms with Gasteiger partial charge in [0.1, 0.15) is 28.9 Å². The number of aryl methyl sites for hydroxylation is 1. The maximum atomic E-state index is 14.6. The molecule has 0 aliphatic carbocycles. The SMILES string of the molecule is Cc1cn2c(-c3ccc4nnc(C(C)C)n4c3)c(-c3ccc(F)cc3F)nc2o1. The summed E-state index contributed by atoms with van der Waals surface area (Å²) >= 11 is 0. The lowest BCUT2D eigenvalue weighted by atomic mass is 10.1. The predicted octanol–water partition coefficient (Wildman–Crippen LogP) is 5.01. The van der Waals surface area contributed by atoms with Crippen molar-refractivity contribution in [3.63, 3.8) is 0 Å². The van der Waals surface area contributed by atoms with Crippen LogP contribution in [0.4, 0.5) is 8.78 Å². The number of nitrogens with zero attached hydrogens (tertiary/aromatic N) is 5. The molecule has 29 heavy (non-hydrogen) atoms. The van der Waals surface area contributed by atoms with Crippen molar-refractivity contribution in [2.75, 3.05) is 0 Å². The number of aromatic nitrogens is 5. The number of pyridine rings is 1. The summed E-state index contributed by atoms with van der Waals surface area (Å²) in [4.78, 5) is 4.49. The number of fused-ring (bicyclic) bond motifs is 2. The molecular weight excluding hydrogens is 376 g/mol. The van der Waals surface area contributed by atoms with E-state index in [4.69, 9.17) is 4.42 Å². The van der Waals surface area contributed by atoms with Crippen molar-refractivity contribution < 1.29 is 13.2 Å². The minimum absolute atomic E-state index is 0.177. The van der Waals surface area contributed by atoms with E-state index < -0.39 is 11.6 Å². The summed E-state index contributed by atoms with van der Waals surface area (Å²) in [5.74, 6) is 0.685. The van der Waals surface area contributed by atoms with Crippen LogP contribution in [0.15, 0.2) is 47.1 Å². The lowest BCUT2D eigenvalue weighted by Crippen LogP contribution is -1.98. The minimum Gasteiger partial charge on any atom is -0.429 e. The smallest absolute Gasteiger partial charge is 0.307 e. The van der Waals surface area contributed by atoms with E-state index >= 15 is 0 Å². The van der Waals surface area contributed by atoms with Gasteiger partial charge >= 0.3 is 5.84 Å². The van der Waals surface area contributed by atoms with Crippen molar-refractivity contribution in [2.24, 2.45) is 0 Å². The summed E-state index contributed by atoms with van der Waals surface area (Å²) in [5.41, 5.74) is 2.72. The molecule has 8 heteroatoms. The quantitative estimate of drug-likeness (QED) is 0.432. The zero-order chi connectivity index (χ0) is 20.3. The van der Waals surface area contributed by atoms with Crippen molar-refractivity contribution in [3.8, 4) is 22.5 Å². The molecule has 0 aliphatic rings. The second kappa shape index (κ2) is 6.23. The van der Waals surface area contributed by atoms with Gasteiger partial charge in [0.25, 0.3) is 0 Å². The predicted molar refractivity (Wildman–Crippen MR) is 104 cm³/mol. The molecule has 0 unspecified atom stereocenters. The van der Waals surface area contributed by atoms with Crippen LogP contribution in [0.1, 0.15) is 31.4 Å². The number of hydrogen-bond donors (Lipinski definition) is 0. The van der Waals surface area contributed by atoms with Crippen molar-refractivity contribution in [2.45, 2.75) is 26.7 Å². The van der Waals surface area contributed by atoms with Gasteiger partial charge in [0, 0.05) is 29.3 Å². The molecule has 0 radical (unpaired) electrons. The van der Waals surface area contributed by atoms with E-state index in [0.29, 0.717) is 23.0 Å². The molecule has 146 valence electrons. The molecule has 1 aromatic carbocycles. The number of rotatable bonds is 3. The first-order valence-electron chi connectivity index (χ1n) is 9.21. The molecule has 0 atom stereocenters. The lowest BCUT2D eigenvalue weighted by Gasteiger charge is -2.08. The Labute approximate surface area is 164 Å². The monoisotopic (exact) mass is 393 g/mol. The van der Waals surface area contributed by atoms with Gasteiger partial charge in [-0.2, -0.15) is 4.98 Å². The standard InChI is InChI=1S/C21H17F2N5O/c1-11(2)20-26-25-17-7-4-13(10-27(17)20)19-18(15-6-5-14(22)8-16(15)23)24-21-28(19)9-12(3)29-21/h4-11H,1-3H3. The number of imidazole rings is 1. The Morgan fingerprint density at radius 1 is 1.00 bits per heavy atom. The van der Waals surface area contributed by atoms with Crippen LogP contribution in [-0.4, -0.2) is 24.0 Å². The number of hydrogen-bond acceptors (Lipinski definition) is 4. The third-order valence-electron chi connectivity index (χ3n) is 4.85. The summed E-state index contributed by atoms with van der Waals surface area (Å²) in [6.45, 7) is 5.90. The van der Waals surface area contributed by atoms with E-state index in [9.17, 15) is 8.78 Å². The topological polar surface area (TPSA) is 60.6 Å². The van der Waals surface area contributed by atoms with Gasteiger partial charge in [0.05, 0.1) is 11.9 Å². The Morgan fingerprint density at radius 3 is 2.59 bits per heavy atom. The number of oxazole rings is 1. The van der Waals surface area contributed by atoms with Crippen LogP contribution in [0.2, 0.25) is 0 Å². The normalized spacial score (nSPS) is 11.9. The van der Waals surface area contributed by atoms with Gasteiger partial charge in [-0.3, -0.25) is 8.80 Å². The Bertz CT molecular complexity index is 1380. The Hall–Kier alpha value is -3.55. The average molecular weight is 393 g/mol. The summed E-state index contributed by atoms with van der Waals surface area (Å²) in [6, 6.07) is 7.19. The zero-order valence-electron chi connectivity index (χ0n) is 16.0. The van der Waals surface area contributed by atoms with Crippen LogP contribution in [0.3, 0.4) is 0 Å². The highest BCUT2D eigenvalue weighted by molar-refractivity contribution is 5.81. The highest BCUT2D eigenvalue weighted by Gasteiger charge is 2.22. The molecule has 0 bridgehead atoms. The third-order valence-corrected chi connectivity index (χ3v) is 4.85. The molecule has 5 aromatic rings. The van der Waals surface area contributed by atoms with Gasteiger partial charge in [-0.15, -0.1) is 10.2 Å². The lowest BCUT2D eigenvalue weighted by molar-refractivity contribution is 0.562. The van der Waals surface area contributed by atoms with E-state index in [1.165, 1.54) is 12.1 Å². The molecule has 5 rings (SSSR count). The van der Waals surface area contributed by atoms with Gasteiger partial charge in [0.15, 0.2) is 5.65 Å². The van der Waals surface area contributed by atoms with Gasteiger partial charge in [-0.25, -0.2) is 8.78 Å². The van der Waals surface area contributed by atoms with Crippen LogP contribution in [0.5, 0.6) is 0 Å². The minimum atomic E-state index is -0.683. The van der Waals surface area contributed by atoms with Crippen molar-refractivity contribution in [1.29, 1.82) is 0 Å². The molecule has 0 spiro atoms.